The van der Waals surface area contributed by atoms with E-state index in [1.807, 2.05) is 27.7 Å². The standard InChI is InChI=1S/C16H24BF4NO3/c1-10(17-24-13(2,3)14(4,5)25-17)9-11(18)12(22-8)23-15(6,7)16(19,20)21/h9H,8H2,1-7H3/b10-9+,12-11-. The number of hydrogen-bond donors (Lipinski definition) is 0. The van der Waals surface area contributed by atoms with Crippen LogP contribution in [0.25, 0.3) is 0 Å². The van der Waals surface area contributed by atoms with Gasteiger partial charge in [-0.15, -0.1) is 0 Å². The number of aliphatic imine (C=N–C) groups is 1. The molecule has 0 aliphatic carbocycles. The zero-order chi connectivity index (χ0) is 19.8. The van der Waals surface area contributed by atoms with E-state index in [-0.39, 0.29) is 0 Å². The van der Waals surface area contributed by atoms with Crippen molar-refractivity contribution in [1.29, 1.82) is 0 Å². The van der Waals surface area contributed by atoms with Gasteiger partial charge in [-0.3, -0.25) is 0 Å². The van der Waals surface area contributed by atoms with E-state index in [0.29, 0.717) is 5.47 Å². The van der Waals surface area contributed by atoms with Crippen LogP contribution >= 0.6 is 0 Å². The normalized spacial score (nSPS) is 21.9. The van der Waals surface area contributed by atoms with Gasteiger partial charge in [0.25, 0.3) is 5.88 Å². The molecule has 9 heteroatoms. The number of rotatable bonds is 5. The van der Waals surface area contributed by atoms with Gasteiger partial charge < -0.3 is 14.0 Å². The Morgan fingerprint density at radius 3 is 1.92 bits per heavy atom. The zero-order valence-electron chi connectivity index (χ0n) is 15.5. The van der Waals surface area contributed by atoms with E-state index in [0.717, 1.165) is 19.9 Å². The van der Waals surface area contributed by atoms with Crippen LogP contribution < -0.4 is 0 Å². The van der Waals surface area contributed by atoms with Crippen molar-refractivity contribution >= 4 is 13.8 Å². The summed E-state index contributed by atoms with van der Waals surface area (Å²) in [6.45, 7) is 13.5. The molecule has 1 fully saturated rings. The number of ether oxygens (including phenoxy) is 1. The van der Waals surface area contributed by atoms with Crippen LogP contribution in [-0.2, 0) is 14.0 Å². The number of hydrogen-bond acceptors (Lipinski definition) is 4. The molecule has 0 amide bonds. The fourth-order valence-electron chi connectivity index (χ4n) is 1.81. The van der Waals surface area contributed by atoms with Crippen LogP contribution in [0.5, 0.6) is 0 Å². The Hall–Kier alpha value is -1.35. The van der Waals surface area contributed by atoms with Crippen molar-refractivity contribution in [2.24, 2.45) is 4.99 Å². The van der Waals surface area contributed by atoms with Gasteiger partial charge in [-0.2, -0.15) is 13.2 Å². The quantitative estimate of drug-likeness (QED) is 0.232. The second-order valence-corrected chi connectivity index (χ2v) is 7.40. The molecule has 1 aliphatic heterocycles. The average molecular weight is 365 g/mol. The van der Waals surface area contributed by atoms with Gasteiger partial charge in [0, 0.05) is 0 Å². The smallest absolute Gasteiger partial charge is 0.460 e. The van der Waals surface area contributed by atoms with Crippen LogP contribution in [0.15, 0.2) is 28.3 Å². The first kappa shape index (κ1) is 21.7. The molecule has 0 bridgehead atoms. The lowest BCUT2D eigenvalue weighted by atomic mass is 9.79. The molecule has 0 atom stereocenters. The van der Waals surface area contributed by atoms with Crippen molar-refractivity contribution in [2.75, 3.05) is 0 Å². The second-order valence-electron chi connectivity index (χ2n) is 7.40. The fourth-order valence-corrected chi connectivity index (χ4v) is 1.81. The summed E-state index contributed by atoms with van der Waals surface area (Å²) in [5.74, 6) is -1.95. The fraction of sp³-hybridized carbons (Fsp3) is 0.688. The summed E-state index contributed by atoms with van der Waals surface area (Å²) in [6, 6.07) is 0. The van der Waals surface area contributed by atoms with Crippen LogP contribution in [0.3, 0.4) is 0 Å². The molecule has 0 unspecified atom stereocenters. The Bertz CT molecular complexity index is 579. The number of allylic oxidation sites excluding steroid dienone is 3. The first-order valence-electron chi connectivity index (χ1n) is 7.70. The monoisotopic (exact) mass is 365 g/mol. The molecule has 1 aliphatic rings. The van der Waals surface area contributed by atoms with Crippen molar-refractivity contribution in [2.45, 2.75) is 71.4 Å². The van der Waals surface area contributed by atoms with Gasteiger partial charge in [-0.1, -0.05) is 0 Å². The first-order chi connectivity index (χ1) is 11.0. The number of nitrogens with zero attached hydrogens (tertiary/aromatic N) is 1. The summed E-state index contributed by atoms with van der Waals surface area (Å²) in [5.41, 5.74) is -3.54. The minimum absolute atomic E-state index is 0.325. The largest absolute Gasteiger partial charge is 0.490 e. The molecule has 0 radical (unpaired) electrons. The highest BCUT2D eigenvalue weighted by atomic mass is 19.4. The van der Waals surface area contributed by atoms with E-state index in [1.54, 1.807) is 0 Å². The van der Waals surface area contributed by atoms with Crippen LogP contribution in [0.2, 0.25) is 0 Å². The predicted molar refractivity (Wildman–Crippen MR) is 88.7 cm³/mol. The summed E-state index contributed by atoms with van der Waals surface area (Å²) < 4.78 is 69.2. The Morgan fingerprint density at radius 2 is 1.56 bits per heavy atom. The Morgan fingerprint density at radius 1 is 1.12 bits per heavy atom. The molecule has 1 saturated heterocycles. The maximum atomic E-state index is 14.3. The van der Waals surface area contributed by atoms with Crippen molar-refractivity contribution < 1.29 is 31.6 Å². The number of alkyl halides is 3. The molecule has 25 heavy (non-hydrogen) atoms. The van der Waals surface area contributed by atoms with Gasteiger partial charge in [-0.25, -0.2) is 9.38 Å². The molecular formula is C16H24BF4NO3. The first-order valence-corrected chi connectivity index (χ1v) is 7.70. The molecule has 0 aromatic rings. The third kappa shape index (κ3) is 4.64. The van der Waals surface area contributed by atoms with Gasteiger partial charge in [0.1, 0.15) is 0 Å². The molecule has 142 valence electrons. The van der Waals surface area contributed by atoms with Gasteiger partial charge in [-0.05, 0) is 66.7 Å². The summed E-state index contributed by atoms with van der Waals surface area (Å²) >= 11 is 0. The third-order valence-corrected chi connectivity index (χ3v) is 4.36. The minimum Gasteiger partial charge on any atom is -0.460 e. The van der Waals surface area contributed by atoms with Gasteiger partial charge >= 0.3 is 13.3 Å². The lowest BCUT2D eigenvalue weighted by Gasteiger charge is -2.32. The van der Waals surface area contributed by atoms with Crippen molar-refractivity contribution in [3.05, 3.63) is 23.3 Å². The maximum Gasteiger partial charge on any atom is 0.490 e. The topological polar surface area (TPSA) is 40.0 Å². The van der Waals surface area contributed by atoms with Crippen molar-refractivity contribution in [3.8, 4) is 0 Å². The molecule has 0 aromatic carbocycles. The second kappa shape index (κ2) is 6.76. The lowest BCUT2D eigenvalue weighted by Crippen LogP contribution is -2.41. The van der Waals surface area contributed by atoms with Crippen LogP contribution in [-0.4, -0.2) is 36.8 Å². The maximum absolute atomic E-state index is 14.3. The predicted octanol–water partition coefficient (Wildman–Crippen LogP) is 4.76. The Kier molecular flexibility index (Phi) is 5.86. The van der Waals surface area contributed by atoms with Gasteiger partial charge in [0.05, 0.1) is 11.2 Å². The van der Waals surface area contributed by atoms with Crippen LogP contribution in [0.4, 0.5) is 17.6 Å². The van der Waals surface area contributed by atoms with E-state index >= 15 is 0 Å². The third-order valence-electron chi connectivity index (χ3n) is 4.36. The summed E-state index contributed by atoms with van der Waals surface area (Å²) in [5, 5.41) is 0. The minimum atomic E-state index is -4.70. The molecule has 4 nitrogen and oxygen atoms in total. The van der Waals surface area contributed by atoms with Crippen LogP contribution in [0.1, 0.15) is 48.5 Å². The van der Waals surface area contributed by atoms with E-state index in [2.05, 4.69) is 16.4 Å². The van der Waals surface area contributed by atoms with Gasteiger partial charge in [0.15, 0.2) is 11.4 Å². The molecule has 0 saturated carbocycles. The highest BCUT2D eigenvalue weighted by Crippen LogP contribution is 2.39. The molecule has 0 spiro atoms. The van der Waals surface area contributed by atoms with E-state index in [1.165, 1.54) is 6.92 Å². The van der Waals surface area contributed by atoms with Crippen molar-refractivity contribution in [1.82, 2.24) is 0 Å². The van der Waals surface area contributed by atoms with E-state index < -0.39 is 41.8 Å². The molecule has 0 aromatic heterocycles. The van der Waals surface area contributed by atoms with E-state index in [9.17, 15) is 17.6 Å². The Labute approximate surface area is 146 Å². The molecule has 0 N–H and O–H groups in total. The average Bonchev–Trinajstić information content (AvgIpc) is 2.63. The zero-order valence-corrected chi connectivity index (χ0v) is 15.5. The summed E-state index contributed by atoms with van der Waals surface area (Å²) in [6.07, 6.45) is -3.73. The summed E-state index contributed by atoms with van der Waals surface area (Å²) in [4.78, 5) is 3.23. The van der Waals surface area contributed by atoms with Crippen LogP contribution in [0, 0.1) is 0 Å². The SMILES string of the molecule is C=N/C(OC(C)(C)C(F)(F)F)=C(F)\C=C(/C)B1OC(C)(C)C(C)(C)O1. The molecule has 1 heterocycles. The molecule has 1 rings (SSSR count). The number of halogens is 4. The van der Waals surface area contributed by atoms with Crippen molar-refractivity contribution in [3.63, 3.8) is 0 Å². The lowest BCUT2D eigenvalue weighted by molar-refractivity contribution is -0.252. The highest BCUT2D eigenvalue weighted by molar-refractivity contribution is 6.54. The van der Waals surface area contributed by atoms with Gasteiger partial charge in [0.2, 0.25) is 0 Å². The molecular weight excluding hydrogens is 341 g/mol. The Balaban J connectivity index is 3.07. The van der Waals surface area contributed by atoms with E-state index in [4.69, 9.17) is 9.31 Å². The highest BCUT2D eigenvalue weighted by Gasteiger charge is 2.52. The summed E-state index contributed by atoms with van der Waals surface area (Å²) in [7, 11) is -0.836.